The Kier molecular flexibility index (Phi) is 2.64. The normalized spacial score (nSPS) is 13.6. The van der Waals surface area contributed by atoms with Crippen molar-refractivity contribution in [3.63, 3.8) is 0 Å². The Morgan fingerprint density at radius 3 is 2.71 bits per heavy atom. The van der Waals surface area contributed by atoms with Gasteiger partial charge in [0.15, 0.2) is 5.82 Å². The van der Waals surface area contributed by atoms with Gasteiger partial charge in [-0.25, -0.2) is 14.4 Å². The topological polar surface area (TPSA) is 51.8 Å². The van der Waals surface area contributed by atoms with E-state index in [4.69, 9.17) is 5.73 Å². The van der Waals surface area contributed by atoms with Crippen molar-refractivity contribution >= 4 is 16.7 Å². The van der Waals surface area contributed by atoms with Crippen molar-refractivity contribution in [2.75, 3.05) is 5.73 Å². The summed E-state index contributed by atoms with van der Waals surface area (Å²) >= 11 is 0. The Morgan fingerprint density at radius 2 is 1.81 bits per heavy atom. The molecular weight excluding hydrogens is 265 g/mol. The van der Waals surface area contributed by atoms with E-state index in [1.807, 2.05) is 6.07 Å². The van der Waals surface area contributed by atoms with Crippen LogP contribution in [0.1, 0.15) is 17.5 Å². The van der Waals surface area contributed by atoms with Gasteiger partial charge in [0, 0.05) is 17.0 Å². The molecule has 0 aliphatic heterocycles. The van der Waals surface area contributed by atoms with Crippen LogP contribution in [-0.4, -0.2) is 9.97 Å². The predicted octanol–water partition coefficient (Wildman–Crippen LogP) is 3.51. The van der Waals surface area contributed by atoms with E-state index >= 15 is 0 Å². The summed E-state index contributed by atoms with van der Waals surface area (Å²) in [4.78, 5) is 8.83. The molecule has 4 heteroatoms. The lowest BCUT2D eigenvalue weighted by molar-refractivity contribution is 0.629. The second-order valence-corrected chi connectivity index (χ2v) is 5.43. The number of aromatic nitrogens is 2. The lowest BCUT2D eigenvalue weighted by Crippen LogP contribution is -1.98. The van der Waals surface area contributed by atoms with E-state index in [0.29, 0.717) is 22.5 Å². The maximum Gasteiger partial charge on any atom is 0.162 e. The molecule has 4 rings (SSSR count). The zero-order chi connectivity index (χ0) is 14.4. The number of aryl methyl sites for hydroxylation is 2. The molecule has 1 heterocycles. The number of fused-ring (bicyclic) bond motifs is 2. The fourth-order valence-electron chi connectivity index (χ4n) is 2.97. The molecule has 1 aliphatic carbocycles. The number of rotatable bonds is 1. The standard InChI is InChI=1S/C17H14FN3/c18-13-6-7-14-15(9-13)20-17(21-16(14)19)12-5-4-10-2-1-3-11(10)8-12/h4-9H,1-3H2,(H2,19,20,21). The van der Waals surface area contributed by atoms with Crippen molar-refractivity contribution in [3.8, 4) is 11.4 Å². The summed E-state index contributed by atoms with van der Waals surface area (Å²) in [5, 5.41) is 0.682. The Morgan fingerprint density at radius 1 is 0.952 bits per heavy atom. The van der Waals surface area contributed by atoms with Gasteiger partial charge in [-0.05, 0) is 48.6 Å². The average Bonchev–Trinajstić information content (AvgIpc) is 2.94. The van der Waals surface area contributed by atoms with Crippen molar-refractivity contribution in [1.29, 1.82) is 0 Å². The molecular formula is C17H14FN3. The quantitative estimate of drug-likeness (QED) is 0.741. The fraction of sp³-hybridized carbons (Fsp3) is 0.176. The zero-order valence-electron chi connectivity index (χ0n) is 11.4. The molecule has 0 amide bonds. The molecule has 0 unspecified atom stereocenters. The molecule has 2 aromatic carbocycles. The number of nitrogens with two attached hydrogens (primary N) is 1. The van der Waals surface area contributed by atoms with Gasteiger partial charge in [0.25, 0.3) is 0 Å². The second kappa shape index (κ2) is 4.52. The van der Waals surface area contributed by atoms with Crippen LogP contribution in [0.4, 0.5) is 10.2 Å². The van der Waals surface area contributed by atoms with Crippen LogP contribution in [0.5, 0.6) is 0 Å². The minimum absolute atomic E-state index is 0.319. The minimum Gasteiger partial charge on any atom is -0.383 e. The molecule has 0 atom stereocenters. The SMILES string of the molecule is Nc1nc(-c2ccc3c(c2)CCC3)nc2cc(F)ccc12. The third-order valence-electron chi connectivity index (χ3n) is 4.05. The highest BCUT2D eigenvalue weighted by Crippen LogP contribution is 2.28. The zero-order valence-corrected chi connectivity index (χ0v) is 11.4. The van der Waals surface area contributed by atoms with E-state index in [1.165, 1.54) is 29.7 Å². The van der Waals surface area contributed by atoms with Gasteiger partial charge in [0.2, 0.25) is 0 Å². The first-order chi connectivity index (χ1) is 10.2. The highest BCUT2D eigenvalue weighted by atomic mass is 19.1. The Labute approximate surface area is 121 Å². The van der Waals surface area contributed by atoms with Crippen LogP contribution in [0.15, 0.2) is 36.4 Å². The molecule has 21 heavy (non-hydrogen) atoms. The number of hydrogen-bond acceptors (Lipinski definition) is 3. The highest BCUT2D eigenvalue weighted by Gasteiger charge is 2.13. The van der Waals surface area contributed by atoms with Crippen LogP contribution in [-0.2, 0) is 12.8 Å². The minimum atomic E-state index is -0.319. The summed E-state index contributed by atoms with van der Waals surface area (Å²) in [6.07, 6.45) is 3.44. The lowest BCUT2D eigenvalue weighted by atomic mass is 10.1. The van der Waals surface area contributed by atoms with Crippen LogP contribution >= 0.6 is 0 Å². The van der Waals surface area contributed by atoms with Gasteiger partial charge in [-0.3, -0.25) is 0 Å². The number of hydrogen-bond donors (Lipinski definition) is 1. The maximum absolute atomic E-state index is 13.4. The molecule has 1 aromatic heterocycles. The molecule has 0 saturated carbocycles. The summed E-state index contributed by atoms with van der Waals surface area (Å²) in [5.41, 5.74) is 10.2. The number of nitrogen functional groups attached to an aromatic ring is 1. The van der Waals surface area contributed by atoms with Crippen molar-refractivity contribution < 1.29 is 4.39 Å². The van der Waals surface area contributed by atoms with Gasteiger partial charge < -0.3 is 5.73 Å². The summed E-state index contributed by atoms with van der Waals surface area (Å²) in [6.45, 7) is 0. The molecule has 0 bridgehead atoms. The number of halogens is 1. The summed E-state index contributed by atoms with van der Waals surface area (Å²) in [6, 6.07) is 10.7. The summed E-state index contributed by atoms with van der Waals surface area (Å²) < 4.78 is 13.4. The number of anilines is 1. The maximum atomic E-state index is 13.4. The van der Waals surface area contributed by atoms with E-state index < -0.39 is 0 Å². The van der Waals surface area contributed by atoms with Gasteiger partial charge in [0.05, 0.1) is 5.52 Å². The first-order valence-electron chi connectivity index (χ1n) is 7.06. The van der Waals surface area contributed by atoms with Gasteiger partial charge in [-0.2, -0.15) is 0 Å². The largest absolute Gasteiger partial charge is 0.383 e. The Balaban J connectivity index is 1.90. The van der Waals surface area contributed by atoms with E-state index in [-0.39, 0.29) is 5.82 Å². The van der Waals surface area contributed by atoms with Crippen LogP contribution in [0.2, 0.25) is 0 Å². The molecule has 3 nitrogen and oxygen atoms in total. The average molecular weight is 279 g/mol. The molecule has 1 aliphatic rings. The summed E-state index contributed by atoms with van der Waals surface area (Å²) in [5.74, 6) is 0.622. The molecule has 2 N–H and O–H groups in total. The van der Waals surface area contributed by atoms with Crippen molar-refractivity contribution in [2.24, 2.45) is 0 Å². The van der Waals surface area contributed by atoms with E-state index in [2.05, 4.69) is 22.1 Å². The highest BCUT2D eigenvalue weighted by molar-refractivity contribution is 5.89. The third kappa shape index (κ3) is 2.03. The Bertz CT molecular complexity index is 858. The number of benzene rings is 2. The molecule has 104 valence electrons. The predicted molar refractivity (Wildman–Crippen MR) is 81.4 cm³/mol. The van der Waals surface area contributed by atoms with Crippen LogP contribution in [0.25, 0.3) is 22.3 Å². The van der Waals surface area contributed by atoms with Crippen LogP contribution in [0, 0.1) is 5.82 Å². The first kappa shape index (κ1) is 12.3. The summed E-state index contributed by atoms with van der Waals surface area (Å²) in [7, 11) is 0. The monoisotopic (exact) mass is 279 g/mol. The van der Waals surface area contributed by atoms with E-state index in [9.17, 15) is 4.39 Å². The van der Waals surface area contributed by atoms with Crippen molar-refractivity contribution in [3.05, 3.63) is 53.3 Å². The Hall–Kier alpha value is -2.49. The van der Waals surface area contributed by atoms with Crippen molar-refractivity contribution in [2.45, 2.75) is 19.3 Å². The molecule has 0 spiro atoms. The molecule has 0 saturated heterocycles. The van der Waals surface area contributed by atoms with Gasteiger partial charge in [-0.1, -0.05) is 12.1 Å². The fourth-order valence-corrected chi connectivity index (χ4v) is 2.97. The van der Waals surface area contributed by atoms with Crippen LogP contribution < -0.4 is 5.73 Å². The molecule has 0 fully saturated rings. The van der Waals surface area contributed by atoms with Gasteiger partial charge in [0.1, 0.15) is 11.6 Å². The molecule has 3 aromatic rings. The first-order valence-corrected chi connectivity index (χ1v) is 7.06. The van der Waals surface area contributed by atoms with E-state index in [0.717, 1.165) is 18.4 Å². The molecule has 0 radical (unpaired) electrons. The van der Waals surface area contributed by atoms with Crippen LogP contribution in [0.3, 0.4) is 0 Å². The van der Waals surface area contributed by atoms with Gasteiger partial charge >= 0.3 is 0 Å². The van der Waals surface area contributed by atoms with Gasteiger partial charge in [-0.15, -0.1) is 0 Å². The smallest absolute Gasteiger partial charge is 0.162 e. The second-order valence-electron chi connectivity index (χ2n) is 5.43. The third-order valence-corrected chi connectivity index (χ3v) is 4.05. The van der Waals surface area contributed by atoms with Crippen molar-refractivity contribution in [1.82, 2.24) is 9.97 Å². The van der Waals surface area contributed by atoms with E-state index in [1.54, 1.807) is 6.07 Å². The number of nitrogens with zero attached hydrogens (tertiary/aromatic N) is 2. The lowest BCUT2D eigenvalue weighted by Gasteiger charge is -2.07.